The summed E-state index contributed by atoms with van der Waals surface area (Å²) in [5.74, 6) is -1.31. The fourth-order valence-electron chi connectivity index (χ4n) is 1.53. The third kappa shape index (κ3) is 4.22. The summed E-state index contributed by atoms with van der Waals surface area (Å²) >= 11 is 1.29. The summed E-state index contributed by atoms with van der Waals surface area (Å²) in [4.78, 5) is 27.1. The summed E-state index contributed by atoms with van der Waals surface area (Å²) in [7, 11) is 0. The van der Waals surface area contributed by atoms with Gasteiger partial charge in [-0.1, -0.05) is 17.8 Å². The Balaban J connectivity index is 2.00. The van der Waals surface area contributed by atoms with E-state index in [1.807, 2.05) is 0 Å². The first kappa shape index (κ1) is 15.4. The van der Waals surface area contributed by atoms with Crippen molar-refractivity contribution in [2.75, 3.05) is 17.6 Å². The second-order valence-electron chi connectivity index (χ2n) is 4.02. The van der Waals surface area contributed by atoms with Crippen molar-refractivity contribution >= 4 is 34.4 Å². The van der Waals surface area contributed by atoms with Crippen molar-refractivity contribution in [1.82, 2.24) is 5.32 Å². The molecule has 112 valence electrons. The van der Waals surface area contributed by atoms with Gasteiger partial charge in [0.1, 0.15) is 0 Å². The van der Waals surface area contributed by atoms with E-state index in [2.05, 4.69) is 15.6 Å². The second-order valence-corrected chi connectivity index (χ2v) is 5.11. The Hall–Kier alpha value is -2.03. The van der Waals surface area contributed by atoms with Gasteiger partial charge in [-0.05, 0) is 18.2 Å². The van der Waals surface area contributed by atoms with E-state index in [0.717, 1.165) is 18.2 Å². The molecule has 2 amide bonds. The average Bonchev–Trinajstić information content (AvgIpc) is 2.91. The molecule has 1 aliphatic heterocycles. The van der Waals surface area contributed by atoms with E-state index in [0.29, 0.717) is 17.5 Å². The zero-order valence-corrected chi connectivity index (χ0v) is 11.3. The summed E-state index contributed by atoms with van der Waals surface area (Å²) < 4.78 is 37.6. The zero-order chi connectivity index (χ0) is 15.5. The lowest BCUT2D eigenvalue weighted by Crippen LogP contribution is -2.37. The molecule has 5 nitrogen and oxygen atoms in total. The Bertz CT molecular complexity index is 602. The maximum Gasteiger partial charge on any atom is 0.416 e. The molecular formula is C12H10F3N3O2S. The van der Waals surface area contributed by atoms with E-state index >= 15 is 0 Å². The normalized spacial score (nSPS) is 14.5. The lowest BCUT2D eigenvalue weighted by Gasteiger charge is -2.09. The van der Waals surface area contributed by atoms with Gasteiger partial charge < -0.3 is 5.32 Å². The van der Waals surface area contributed by atoms with Crippen LogP contribution in [-0.4, -0.2) is 29.3 Å². The van der Waals surface area contributed by atoms with E-state index in [-0.39, 0.29) is 5.69 Å². The lowest BCUT2D eigenvalue weighted by molar-refractivity contribution is -0.137. The minimum Gasteiger partial charge on any atom is -0.318 e. The van der Waals surface area contributed by atoms with Crippen molar-refractivity contribution in [3.05, 3.63) is 29.8 Å². The molecular weight excluding hydrogens is 307 g/mol. The van der Waals surface area contributed by atoms with Crippen molar-refractivity contribution in [3.63, 3.8) is 0 Å². The Morgan fingerprint density at radius 3 is 2.52 bits per heavy atom. The number of carbonyl (C=O) groups excluding carboxylic acids is 2. The van der Waals surface area contributed by atoms with Gasteiger partial charge in [-0.3, -0.25) is 19.9 Å². The highest BCUT2D eigenvalue weighted by Crippen LogP contribution is 2.30. The van der Waals surface area contributed by atoms with Crippen LogP contribution in [0.25, 0.3) is 0 Å². The minimum atomic E-state index is -4.52. The van der Waals surface area contributed by atoms with Gasteiger partial charge in [0, 0.05) is 11.4 Å². The number of hydrogen-bond acceptors (Lipinski definition) is 4. The van der Waals surface area contributed by atoms with Gasteiger partial charge in [-0.2, -0.15) is 13.2 Å². The van der Waals surface area contributed by atoms with Gasteiger partial charge in [0.05, 0.1) is 12.1 Å². The highest BCUT2D eigenvalue weighted by Gasteiger charge is 2.30. The molecule has 2 N–H and O–H groups in total. The number of thioether (sulfide) groups is 1. The maximum absolute atomic E-state index is 12.5. The summed E-state index contributed by atoms with van der Waals surface area (Å²) in [6.45, 7) is 0.551. The SMILES string of the molecule is O=C(NC1=NCCS1)C(=O)Nc1cccc(C(F)(F)F)c1. The van der Waals surface area contributed by atoms with Crippen LogP contribution in [0.1, 0.15) is 5.56 Å². The Morgan fingerprint density at radius 1 is 1.19 bits per heavy atom. The number of benzene rings is 1. The third-order valence-corrected chi connectivity index (χ3v) is 3.35. The Labute approximate surface area is 122 Å². The van der Waals surface area contributed by atoms with Crippen LogP contribution >= 0.6 is 11.8 Å². The van der Waals surface area contributed by atoms with E-state index in [1.165, 1.54) is 17.8 Å². The number of nitrogens with zero attached hydrogens (tertiary/aromatic N) is 1. The molecule has 0 unspecified atom stereocenters. The van der Waals surface area contributed by atoms with Crippen LogP contribution in [0.4, 0.5) is 18.9 Å². The second kappa shape index (κ2) is 6.17. The number of rotatable bonds is 1. The van der Waals surface area contributed by atoms with Gasteiger partial charge in [0.25, 0.3) is 0 Å². The molecule has 1 aliphatic rings. The van der Waals surface area contributed by atoms with Crippen LogP contribution in [0.2, 0.25) is 0 Å². The fourth-order valence-corrected chi connectivity index (χ4v) is 2.25. The van der Waals surface area contributed by atoms with Gasteiger partial charge in [-0.25, -0.2) is 0 Å². The number of halogens is 3. The fraction of sp³-hybridized carbons (Fsp3) is 0.250. The van der Waals surface area contributed by atoms with Crippen molar-refractivity contribution in [3.8, 4) is 0 Å². The van der Waals surface area contributed by atoms with Crippen molar-refractivity contribution in [2.45, 2.75) is 6.18 Å². The smallest absolute Gasteiger partial charge is 0.318 e. The minimum absolute atomic E-state index is 0.106. The van der Waals surface area contributed by atoms with E-state index < -0.39 is 23.6 Å². The standard InChI is InChI=1S/C12H10F3N3O2S/c13-12(14,15)7-2-1-3-8(6-7)17-9(19)10(20)18-11-16-4-5-21-11/h1-3,6H,4-5H2,(H,17,19)(H,16,18,20). The zero-order valence-electron chi connectivity index (χ0n) is 10.5. The maximum atomic E-state index is 12.5. The topological polar surface area (TPSA) is 70.6 Å². The van der Waals surface area contributed by atoms with E-state index in [1.54, 1.807) is 0 Å². The molecule has 0 radical (unpaired) electrons. The number of nitrogens with one attached hydrogen (secondary N) is 2. The molecule has 21 heavy (non-hydrogen) atoms. The Morgan fingerprint density at radius 2 is 1.90 bits per heavy atom. The van der Waals surface area contributed by atoms with Crippen LogP contribution in [0.5, 0.6) is 0 Å². The number of amidine groups is 1. The molecule has 2 rings (SSSR count). The summed E-state index contributed by atoms with van der Waals surface area (Å²) in [5, 5.41) is 4.73. The predicted octanol–water partition coefficient (Wildman–Crippen LogP) is 1.86. The molecule has 0 aromatic heterocycles. The van der Waals surface area contributed by atoms with Crippen LogP contribution in [-0.2, 0) is 15.8 Å². The van der Waals surface area contributed by atoms with E-state index in [9.17, 15) is 22.8 Å². The van der Waals surface area contributed by atoms with Crippen molar-refractivity contribution in [2.24, 2.45) is 4.99 Å². The quantitative estimate of drug-likeness (QED) is 0.777. The number of hydrogen-bond donors (Lipinski definition) is 2. The molecule has 1 aromatic rings. The first-order valence-corrected chi connectivity index (χ1v) is 6.81. The van der Waals surface area contributed by atoms with Gasteiger partial charge >= 0.3 is 18.0 Å². The first-order valence-electron chi connectivity index (χ1n) is 5.83. The average molecular weight is 317 g/mol. The molecule has 0 aliphatic carbocycles. The molecule has 9 heteroatoms. The number of alkyl halides is 3. The van der Waals surface area contributed by atoms with Crippen LogP contribution in [0.15, 0.2) is 29.3 Å². The van der Waals surface area contributed by atoms with Gasteiger partial charge in [0.2, 0.25) is 0 Å². The summed E-state index contributed by atoms with van der Waals surface area (Å²) in [6.07, 6.45) is -4.52. The molecule has 0 bridgehead atoms. The first-order chi connectivity index (χ1) is 9.86. The molecule has 0 spiro atoms. The molecule has 0 saturated heterocycles. The van der Waals surface area contributed by atoms with Crippen molar-refractivity contribution in [1.29, 1.82) is 0 Å². The van der Waals surface area contributed by atoms with E-state index in [4.69, 9.17) is 0 Å². The van der Waals surface area contributed by atoms with Gasteiger partial charge in [0.15, 0.2) is 5.17 Å². The molecule has 1 heterocycles. The third-order valence-electron chi connectivity index (χ3n) is 2.46. The molecule has 1 aromatic carbocycles. The number of carbonyl (C=O) groups is 2. The van der Waals surface area contributed by atoms with Gasteiger partial charge in [-0.15, -0.1) is 0 Å². The lowest BCUT2D eigenvalue weighted by atomic mass is 10.2. The monoisotopic (exact) mass is 317 g/mol. The number of anilines is 1. The van der Waals surface area contributed by atoms with Crippen LogP contribution in [0, 0.1) is 0 Å². The summed E-state index contributed by atoms with van der Waals surface area (Å²) in [5.41, 5.74) is -1.01. The highest BCUT2D eigenvalue weighted by molar-refractivity contribution is 8.14. The molecule has 0 atom stereocenters. The highest BCUT2D eigenvalue weighted by atomic mass is 32.2. The number of aliphatic imine (C=N–C) groups is 1. The number of amides is 2. The Kier molecular flexibility index (Phi) is 4.51. The van der Waals surface area contributed by atoms with Crippen LogP contribution < -0.4 is 10.6 Å². The molecule has 0 saturated carbocycles. The van der Waals surface area contributed by atoms with Crippen molar-refractivity contribution < 1.29 is 22.8 Å². The molecule has 0 fully saturated rings. The largest absolute Gasteiger partial charge is 0.416 e. The summed E-state index contributed by atoms with van der Waals surface area (Å²) in [6, 6.07) is 4.04. The predicted molar refractivity (Wildman–Crippen MR) is 73.0 cm³/mol. The van der Waals surface area contributed by atoms with Crippen LogP contribution in [0.3, 0.4) is 0 Å².